The Morgan fingerprint density at radius 2 is 1.73 bits per heavy atom. The Morgan fingerprint density at radius 3 is 2.38 bits per heavy atom. The highest BCUT2D eigenvalue weighted by atomic mass is 16.5. The molecule has 138 valence electrons. The minimum Gasteiger partial charge on any atom is -0.504 e. The van der Waals surface area contributed by atoms with Crippen LogP contribution in [-0.4, -0.2) is 50.0 Å². The molecule has 2 aromatic rings. The normalized spacial score (nSPS) is 21.1. The SMILES string of the molecule is COc1cc2c(cc1OC)-c1c(O)c(O)cc3c1[C@H](C2)N(C)CC3OC. The predicted octanol–water partition coefficient (Wildman–Crippen LogP) is 3.01. The molecule has 0 saturated carbocycles. The average Bonchev–Trinajstić information content (AvgIpc) is 2.65. The van der Waals surface area contributed by atoms with Crippen molar-refractivity contribution < 1.29 is 24.4 Å². The number of phenols is 2. The first-order valence-electron chi connectivity index (χ1n) is 8.57. The summed E-state index contributed by atoms with van der Waals surface area (Å²) < 4.78 is 16.5. The zero-order chi connectivity index (χ0) is 18.6. The lowest BCUT2D eigenvalue weighted by molar-refractivity contribution is 0.0418. The Morgan fingerprint density at radius 1 is 1.04 bits per heavy atom. The van der Waals surface area contributed by atoms with Gasteiger partial charge in [-0.1, -0.05) is 0 Å². The summed E-state index contributed by atoms with van der Waals surface area (Å²) in [6, 6.07) is 5.56. The highest BCUT2D eigenvalue weighted by Crippen LogP contribution is 2.55. The zero-order valence-corrected chi connectivity index (χ0v) is 15.4. The van der Waals surface area contributed by atoms with Crippen molar-refractivity contribution in [1.29, 1.82) is 0 Å². The van der Waals surface area contributed by atoms with Crippen molar-refractivity contribution in [1.82, 2.24) is 4.90 Å². The monoisotopic (exact) mass is 357 g/mol. The number of methoxy groups -OCH3 is 3. The van der Waals surface area contributed by atoms with Crippen LogP contribution >= 0.6 is 0 Å². The van der Waals surface area contributed by atoms with Gasteiger partial charge in [0.1, 0.15) is 0 Å². The molecule has 0 bridgehead atoms. The molecular weight excluding hydrogens is 334 g/mol. The second-order valence-corrected chi connectivity index (χ2v) is 6.87. The van der Waals surface area contributed by atoms with E-state index in [0.29, 0.717) is 17.1 Å². The number of ether oxygens (including phenoxy) is 3. The topological polar surface area (TPSA) is 71.4 Å². The Bertz CT molecular complexity index is 879. The Kier molecular flexibility index (Phi) is 3.97. The second-order valence-electron chi connectivity index (χ2n) is 6.87. The third-order valence-corrected chi connectivity index (χ3v) is 5.59. The fourth-order valence-corrected chi connectivity index (χ4v) is 4.29. The van der Waals surface area contributed by atoms with Gasteiger partial charge in [-0.05, 0) is 53.9 Å². The van der Waals surface area contributed by atoms with Crippen LogP contribution in [0, 0.1) is 0 Å². The summed E-state index contributed by atoms with van der Waals surface area (Å²) in [6.07, 6.45) is 0.630. The second kappa shape index (κ2) is 6.07. The largest absolute Gasteiger partial charge is 0.504 e. The fraction of sp³-hybridized carbons (Fsp3) is 0.400. The number of rotatable bonds is 3. The van der Waals surface area contributed by atoms with Gasteiger partial charge in [0.05, 0.1) is 20.3 Å². The van der Waals surface area contributed by atoms with Gasteiger partial charge in [-0.15, -0.1) is 0 Å². The van der Waals surface area contributed by atoms with E-state index in [2.05, 4.69) is 11.9 Å². The predicted molar refractivity (Wildman–Crippen MR) is 97.1 cm³/mol. The van der Waals surface area contributed by atoms with E-state index in [1.807, 2.05) is 12.1 Å². The summed E-state index contributed by atoms with van der Waals surface area (Å²) in [6.45, 7) is 0.723. The van der Waals surface area contributed by atoms with E-state index >= 15 is 0 Å². The molecule has 26 heavy (non-hydrogen) atoms. The number of hydrogen-bond acceptors (Lipinski definition) is 6. The zero-order valence-electron chi connectivity index (χ0n) is 15.4. The van der Waals surface area contributed by atoms with Gasteiger partial charge in [-0.25, -0.2) is 0 Å². The Labute approximate surface area is 152 Å². The van der Waals surface area contributed by atoms with E-state index in [1.54, 1.807) is 27.4 Å². The Balaban J connectivity index is 2.05. The first-order valence-corrected chi connectivity index (χ1v) is 8.57. The molecule has 6 heteroatoms. The van der Waals surface area contributed by atoms with E-state index in [0.717, 1.165) is 35.2 Å². The van der Waals surface area contributed by atoms with Crippen molar-refractivity contribution in [2.45, 2.75) is 18.6 Å². The van der Waals surface area contributed by atoms with Gasteiger partial charge < -0.3 is 24.4 Å². The summed E-state index contributed by atoms with van der Waals surface area (Å²) in [5, 5.41) is 21.1. The molecule has 2 aliphatic rings. The lowest BCUT2D eigenvalue weighted by Gasteiger charge is -2.43. The molecule has 0 saturated heterocycles. The maximum atomic E-state index is 10.7. The Hall–Kier alpha value is -2.44. The molecule has 4 rings (SSSR count). The van der Waals surface area contributed by atoms with Crippen molar-refractivity contribution in [2.75, 3.05) is 34.9 Å². The lowest BCUT2D eigenvalue weighted by Crippen LogP contribution is -2.38. The molecule has 2 aromatic carbocycles. The molecule has 0 radical (unpaired) electrons. The van der Waals surface area contributed by atoms with Gasteiger partial charge in [0.15, 0.2) is 23.0 Å². The van der Waals surface area contributed by atoms with Crippen LogP contribution in [0.25, 0.3) is 11.1 Å². The number of phenolic OH excluding ortho intramolecular Hbond substituents is 2. The van der Waals surface area contributed by atoms with Crippen LogP contribution in [0.5, 0.6) is 23.0 Å². The molecule has 0 aromatic heterocycles. The quantitative estimate of drug-likeness (QED) is 0.823. The van der Waals surface area contributed by atoms with Crippen molar-refractivity contribution in [3.8, 4) is 34.1 Å². The third-order valence-electron chi connectivity index (χ3n) is 5.59. The standard InChI is InChI=1S/C20H23NO5/c1-21-9-17(26-4)12-7-14(22)20(23)19-11-8-16(25-3)15(24-2)6-10(11)5-13(21)18(12)19/h6-8,13,17,22-23H,5,9H2,1-4H3/t13-,17?/m0/s1. The lowest BCUT2D eigenvalue weighted by atomic mass is 9.76. The van der Waals surface area contributed by atoms with E-state index in [-0.39, 0.29) is 23.6 Å². The fourth-order valence-electron chi connectivity index (χ4n) is 4.29. The van der Waals surface area contributed by atoms with Crippen molar-refractivity contribution in [3.63, 3.8) is 0 Å². The van der Waals surface area contributed by atoms with Crippen LogP contribution in [0.3, 0.4) is 0 Å². The van der Waals surface area contributed by atoms with Crippen LogP contribution in [0.2, 0.25) is 0 Å². The first kappa shape index (κ1) is 17.0. The highest BCUT2D eigenvalue weighted by molar-refractivity contribution is 5.84. The van der Waals surface area contributed by atoms with Gasteiger partial charge in [-0.2, -0.15) is 0 Å². The number of aromatic hydroxyl groups is 2. The van der Waals surface area contributed by atoms with Crippen molar-refractivity contribution in [2.24, 2.45) is 0 Å². The number of benzene rings is 2. The van der Waals surface area contributed by atoms with Gasteiger partial charge in [0.25, 0.3) is 0 Å². The maximum Gasteiger partial charge on any atom is 0.165 e. The summed E-state index contributed by atoms with van der Waals surface area (Å²) >= 11 is 0. The van der Waals surface area contributed by atoms with Crippen LogP contribution in [0.15, 0.2) is 18.2 Å². The molecule has 0 amide bonds. The summed E-state index contributed by atoms with van der Waals surface area (Å²) in [4.78, 5) is 2.23. The first-order chi connectivity index (χ1) is 12.5. The number of nitrogens with zero attached hydrogens (tertiary/aromatic N) is 1. The van der Waals surface area contributed by atoms with Gasteiger partial charge in [0.2, 0.25) is 0 Å². The number of fused-ring (bicyclic) bond motifs is 2. The van der Waals surface area contributed by atoms with Crippen molar-refractivity contribution in [3.05, 3.63) is 34.9 Å². The minimum atomic E-state index is -0.154. The van der Waals surface area contributed by atoms with Crippen LogP contribution in [-0.2, 0) is 11.2 Å². The molecule has 1 heterocycles. The molecule has 0 fully saturated rings. The molecule has 6 nitrogen and oxygen atoms in total. The van der Waals surface area contributed by atoms with Crippen LogP contribution in [0.4, 0.5) is 0 Å². The van der Waals surface area contributed by atoms with Gasteiger partial charge >= 0.3 is 0 Å². The number of likely N-dealkylation sites (N-methyl/N-ethyl adjacent to an activating group) is 1. The maximum absolute atomic E-state index is 10.7. The van der Waals surface area contributed by atoms with Crippen LogP contribution < -0.4 is 9.47 Å². The summed E-state index contributed by atoms with van der Waals surface area (Å²) in [7, 11) is 6.92. The summed E-state index contributed by atoms with van der Waals surface area (Å²) in [5.41, 5.74) is 4.51. The van der Waals surface area contributed by atoms with Gasteiger partial charge in [0, 0.05) is 25.3 Å². The third kappa shape index (κ3) is 2.26. The minimum absolute atomic E-state index is 0.100. The van der Waals surface area contributed by atoms with E-state index < -0.39 is 0 Å². The van der Waals surface area contributed by atoms with Crippen LogP contribution in [0.1, 0.15) is 28.8 Å². The molecule has 1 aliphatic heterocycles. The van der Waals surface area contributed by atoms with Gasteiger partial charge in [-0.3, -0.25) is 4.90 Å². The smallest absolute Gasteiger partial charge is 0.165 e. The van der Waals surface area contributed by atoms with Crippen molar-refractivity contribution >= 4 is 0 Å². The van der Waals surface area contributed by atoms with E-state index in [9.17, 15) is 10.2 Å². The van der Waals surface area contributed by atoms with E-state index in [1.165, 1.54) is 0 Å². The molecule has 1 aliphatic carbocycles. The summed E-state index contributed by atoms with van der Waals surface area (Å²) in [5.74, 6) is 1.01. The molecule has 2 atom stereocenters. The molecule has 1 unspecified atom stereocenters. The average molecular weight is 357 g/mol. The van der Waals surface area contributed by atoms with E-state index in [4.69, 9.17) is 14.2 Å². The molecule has 2 N–H and O–H groups in total. The number of hydrogen-bond donors (Lipinski definition) is 2. The highest BCUT2D eigenvalue weighted by Gasteiger charge is 2.39. The molecule has 0 spiro atoms. The molecular formula is C20H23NO5.